The number of carbonyl (C=O) groups excluding carboxylic acids is 2. The van der Waals surface area contributed by atoms with Gasteiger partial charge in [-0.05, 0) is 96.3 Å². The average molecular weight is 1110 g/mol. The molecule has 6 heteroatoms. The van der Waals surface area contributed by atoms with E-state index >= 15 is 0 Å². The molecule has 462 valence electrons. The number of aliphatic hydroxyl groups excluding tert-OH is 2. The molecule has 2 atom stereocenters. The van der Waals surface area contributed by atoms with Gasteiger partial charge in [0.15, 0.2) is 0 Å². The smallest absolute Gasteiger partial charge is 0.305 e. The zero-order valence-corrected chi connectivity index (χ0v) is 52.9. The van der Waals surface area contributed by atoms with Crippen LogP contribution in [-0.4, -0.2) is 47.4 Å². The monoisotopic (exact) mass is 1110 g/mol. The summed E-state index contributed by atoms with van der Waals surface area (Å²) in [5.74, 6) is -0.0710. The molecule has 0 saturated carbocycles. The molecule has 0 aliphatic rings. The van der Waals surface area contributed by atoms with Crippen LogP contribution in [0.2, 0.25) is 0 Å². The maximum atomic E-state index is 12.5. The fourth-order valence-electron chi connectivity index (χ4n) is 10.6. The molecule has 0 aromatic heterocycles. The summed E-state index contributed by atoms with van der Waals surface area (Å²) in [6.45, 7) is 4.90. The fourth-order valence-corrected chi connectivity index (χ4v) is 10.6. The predicted octanol–water partition coefficient (Wildman–Crippen LogP) is 22.6. The maximum absolute atomic E-state index is 12.5. The van der Waals surface area contributed by atoms with Crippen LogP contribution in [0.25, 0.3) is 0 Å². The summed E-state index contributed by atoms with van der Waals surface area (Å²) in [6.07, 6.45) is 90.0. The molecular formula is C73H135NO5. The molecule has 0 spiro atoms. The van der Waals surface area contributed by atoms with E-state index in [1.807, 2.05) is 6.08 Å². The number of nitrogens with one attached hydrogen (secondary N) is 1. The Kier molecular flexibility index (Phi) is 66.0. The van der Waals surface area contributed by atoms with E-state index in [0.717, 1.165) is 57.8 Å². The van der Waals surface area contributed by atoms with Crippen LogP contribution >= 0.6 is 0 Å². The minimum absolute atomic E-state index is 0.00113. The second kappa shape index (κ2) is 68.1. The Bertz CT molecular complexity index is 1370. The van der Waals surface area contributed by atoms with Gasteiger partial charge in [0.1, 0.15) is 0 Å². The van der Waals surface area contributed by atoms with Crippen molar-refractivity contribution in [3.63, 3.8) is 0 Å². The van der Waals surface area contributed by atoms with Gasteiger partial charge >= 0.3 is 5.97 Å². The number of unbranched alkanes of at least 4 members (excludes halogenated alkanes) is 46. The minimum Gasteiger partial charge on any atom is -0.466 e. The summed E-state index contributed by atoms with van der Waals surface area (Å²) in [6, 6.07) is -0.635. The molecule has 0 aliphatic heterocycles. The van der Waals surface area contributed by atoms with E-state index in [4.69, 9.17) is 4.74 Å². The Balaban J connectivity index is 3.46. The predicted molar refractivity (Wildman–Crippen MR) is 347 cm³/mol. The van der Waals surface area contributed by atoms with Gasteiger partial charge in [-0.25, -0.2) is 0 Å². The normalized spacial score (nSPS) is 12.9. The summed E-state index contributed by atoms with van der Waals surface area (Å²) in [5, 5.41) is 23.2. The van der Waals surface area contributed by atoms with Crippen molar-refractivity contribution in [1.82, 2.24) is 5.32 Å². The van der Waals surface area contributed by atoms with Crippen molar-refractivity contribution >= 4 is 11.9 Å². The van der Waals surface area contributed by atoms with Crippen LogP contribution in [0.4, 0.5) is 0 Å². The van der Waals surface area contributed by atoms with Crippen LogP contribution < -0.4 is 5.32 Å². The van der Waals surface area contributed by atoms with Crippen molar-refractivity contribution in [3.05, 3.63) is 60.8 Å². The molecule has 2 unspecified atom stereocenters. The van der Waals surface area contributed by atoms with E-state index in [9.17, 15) is 19.8 Å². The Labute approximate surface area is 492 Å². The first kappa shape index (κ1) is 76.6. The van der Waals surface area contributed by atoms with E-state index in [2.05, 4.69) is 67.8 Å². The highest BCUT2D eigenvalue weighted by Gasteiger charge is 2.18. The number of aliphatic hydroxyl groups is 2. The van der Waals surface area contributed by atoms with Gasteiger partial charge in [0.25, 0.3) is 0 Å². The second-order valence-electron chi connectivity index (χ2n) is 23.9. The number of carbonyl (C=O) groups is 2. The molecular weight excluding hydrogens is 971 g/mol. The lowest BCUT2D eigenvalue weighted by molar-refractivity contribution is -0.143. The van der Waals surface area contributed by atoms with Gasteiger partial charge in [0.2, 0.25) is 5.91 Å². The molecule has 79 heavy (non-hydrogen) atoms. The summed E-state index contributed by atoms with van der Waals surface area (Å²) < 4.78 is 5.49. The van der Waals surface area contributed by atoms with Crippen LogP contribution in [0.3, 0.4) is 0 Å². The van der Waals surface area contributed by atoms with E-state index in [0.29, 0.717) is 19.4 Å². The largest absolute Gasteiger partial charge is 0.466 e. The highest BCUT2D eigenvalue weighted by atomic mass is 16.5. The average Bonchev–Trinajstić information content (AvgIpc) is 3.45. The number of esters is 1. The molecule has 0 rings (SSSR count). The van der Waals surface area contributed by atoms with Crippen molar-refractivity contribution in [3.8, 4) is 0 Å². The van der Waals surface area contributed by atoms with Crippen LogP contribution in [0.5, 0.6) is 0 Å². The molecule has 0 bridgehead atoms. The third-order valence-corrected chi connectivity index (χ3v) is 16.0. The second-order valence-corrected chi connectivity index (χ2v) is 23.9. The van der Waals surface area contributed by atoms with Crippen LogP contribution in [-0.2, 0) is 14.3 Å². The van der Waals surface area contributed by atoms with Crippen molar-refractivity contribution in [2.75, 3.05) is 13.2 Å². The summed E-state index contributed by atoms with van der Waals surface area (Å²) in [7, 11) is 0. The lowest BCUT2D eigenvalue weighted by Crippen LogP contribution is -2.45. The molecule has 0 saturated heterocycles. The van der Waals surface area contributed by atoms with Crippen molar-refractivity contribution in [1.29, 1.82) is 0 Å². The maximum Gasteiger partial charge on any atom is 0.305 e. The van der Waals surface area contributed by atoms with Gasteiger partial charge in [-0.3, -0.25) is 9.59 Å². The first-order valence-electron chi connectivity index (χ1n) is 35.1. The van der Waals surface area contributed by atoms with Gasteiger partial charge in [-0.1, -0.05) is 319 Å². The Morgan fingerprint density at radius 3 is 0.975 bits per heavy atom. The van der Waals surface area contributed by atoms with Crippen molar-refractivity contribution in [2.45, 2.75) is 379 Å². The van der Waals surface area contributed by atoms with Gasteiger partial charge in [-0.2, -0.15) is 0 Å². The number of hydrogen-bond donors (Lipinski definition) is 3. The zero-order valence-electron chi connectivity index (χ0n) is 52.9. The first-order valence-corrected chi connectivity index (χ1v) is 35.1. The number of amides is 1. The highest BCUT2D eigenvalue weighted by Crippen LogP contribution is 2.17. The number of hydrogen-bond acceptors (Lipinski definition) is 5. The van der Waals surface area contributed by atoms with Gasteiger partial charge in [-0.15, -0.1) is 0 Å². The van der Waals surface area contributed by atoms with Gasteiger partial charge in [0.05, 0.1) is 25.4 Å². The lowest BCUT2D eigenvalue weighted by atomic mass is 10.0. The number of ether oxygens (including phenoxy) is 1. The zero-order chi connectivity index (χ0) is 57.1. The first-order chi connectivity index (χ1) is 39.0. The van der Waals surface area contributed by atoms with Crippen molar-refractivity contribution < 1.29 is 24.5 Å². The minimum atomic E-state index is -0.851. The fraction of sp³-hybridized carbons (Fsp3) is 0.836. The molecule has 0 aliphatic carbocycles. The summed E-state index contributed by atoms with van der Waals surface area (Å²) in [4.78, 5) is 24.6. The topological polar surface area (TPSA) is 95.9 Å². The third-order valence-electron chi connectivity index (χ3n) is 16.0. The lowest BCUT2D eigenvalue weighted by Gasteiger charge is -2.20. The van der Waals surface area contributed by atoms with Crippen LogP contribution in [0, 0.1) is 0 Å². The molecule has 0 aromatic rings. The van der Waals surface area contributed by atoms with E-state index < -0.39 is 12.1 Å². The Hall–Kier alpha value is -2.44. The van der Waals surface area contributed by atoms with Gasteiger partial charge < -0.3 is 20.3 Å². The third kappa shape index (κ3) is 64.6. The standard InChI is InChI=1S/C73H135NO5/c1-3-5-7-9-11-13-15-17-19-21-30-33-37-41-45-49-53-57-61-65-71(76)70(69-75)74-72(77)66-62-58-54-50-46-42-38-34-31-28-26-24-23-25-27-29-32-36-40-44-48-52-56-60-64-68-79-73(78)67-63-59-55-51-47-43-39-35-22-20-18-16-14-12-10-8-6-4-2/h14,16,20,22,24-27,61,65,70-71,75-76H,3-13,15,17-19,21,23,28-60,62-64,66-69H2,1-2H3,(H,74,77)/b16-14-,22-20-,26-24-,27-25-,65-61+. The van der Waals surface area contributed by atoms with E-state index in [1.54, 1.807) is 6.08 Å². The molecule has 6 nitrogen and oxygen atoms in total. The SMILES string of the molecule is CCCCCC/C=C\C/C=C\CCCCCCCCCC(=O)OCCCCCCCCCCC/C=C\C/C=C\CCCCCCCCCCCC(=O)NC(CO)C(O)/C=C/CCCCCCCCCCCCCCCCCCC. The molecule has 1 amide bonds. The van der Waals surface area contributed by atoms with E-state index in [-0.39, 0.29) is 18.5 Å². The van der Waals surface area contributed by atoms with Crippen LogP contribution in [0.15, 0.2) is 60.8 Å². The van der Waals surface area contributed by atoms with Crippen LogP contribution in [0.1, 0.15) is 367 Å². The molecule has 3 N–H and O–H groups in total. The summed E-state index contributed by atoms with van der Waals surface area (Å²) in [5.41, 5.74) is 0. The highest BCUT2D eigenvalue weighted by molar-refractivity contribution is 5.76. The van der Waals surface area contributed by atoms with Gasteiger partial charge in [0, 0.05) is 12.8 Å². The summed E-state index contributed by atoms with van der Waals surface area (Å²) >= 11 is 0. The molecule has 0 radical (unpaired) electrons. The Morgan fingerprint density at radius 2 is 0.633 bits per heavy atom. The molecule has 0 fully saturated rings. The van der Waals surface area contributed by atoms with Crippen molar-refractivity contribution in [2.24, 2.45) is 0 Å². The Morgan fingerprint density at radius 1 is 0.354 bits per heavy atom. The number of allylic oxidation sites excluding steroid dienone is 9. The molecule has 0 aromatic carbocycles. The quantitative estimate of drug-likeness (QED) is 0.0320. The molecule has 0 heterocycles. The van der Waals surface area contributed by atoms with E-state index in [1.165, 1.54) is 283 Å². The number of rotatable bonds is 65.